The molecular weight excluding hydrogens is 546 g/mol. The number of alkyl carbamates (subject to hydrolysis) is 1. The topological polar surface area (TPSA) is 117 Å². The molecular formula is C31H46F2N4O5. The zero-order chi connectivity index (χ0) is 31.6. The summed E-state index contributed by atoms with van der Waals surface area (Å²) < 4.78 is 32.4. The van der Waals surface area contributed by atoms with Crippen molar-refractivity contribution in [3.63, 3.8) is 0 Å². The number of carbonyl (C=O) groups is 4. The first-order valence-electron chi connectivity index (χ1n) is 14.5. The summed E-state index contributed by atoms with van der Waals surface area (Å²) in [6, 6.07) is 5.94. The van der Waals surface area contributed by atoms with Gasteiger partial charge in [-0.1, -0.05) is 65.0 Å². The number of hydrogen-bond donors (Lipinski definition) is 3. The van der Waals surface area contributed by atoms with E-state index >= 15 is 0 Å². The summed E-state index contributed by atoms with van der Waals surface area (Å²) in [5.74, 6) is -2.02. The van der Waals surface area contributed by atoms with Crippen LogP contribution in [0.2, 0.25) is 0 Å². The first-order chi connectivity index (χ1) is 19.3. The van der Waals surface area contributed by atoms with Gasteiger partial charge >= 0.3 is 6.09 Å². The van der Waals surface area contributed by atoms with Crippen LogP contribution in [0.1, 0.15) is 67.4 Å². The van der Waals surface area contributed by atoms with E-state index in [-0.39, 0.29) is 30.3 Å². The Morgan fingerprint density at radius 2 is 1.64 bits per heavy atom. The highest BCUT2D eigenvalue weighted by Gasteiger charge is 2.70. The standard InChI is InChI=1S/C31H46F2N4O5/c1-29(2,3)24(36-28(41)42-30(4,5)6)27(40)37-17-19-22(31(19,7)8)23(37)26(39)35-20(16-21(32)33)25(38)34-15-14-18-12-10-9-11-13-18/h9-13,19-24H,14-17H2,1-8H3,(H,34,38)(H,35,39)(H,36,41)/t19-,20?,22-,23-,24+/m0/s1. The Morgan fingerprint density at radius 1 is 1.02 bits per heavy atom. The third-order valence-electron chi connectivity index (χ3n) is 8.14. The van der Waals surface area contributed by atoms with Gasteiger partial charge in [-0.25, -0.2) is 13.6 Å². The second kappa shape index (κ2) is 12.6. The van der Waals surface area contributed by atoms with Gasteiger partial charge in [0.15, 0.2) is 0 Å². The molecule has 1 aromatic rings. The number of ether oxygens (including phenoxy) is 1. The number of likely N-dealkylation sites (tertiary alicyclic amines) is 1. The first-order valence-corrected chi connectivity index (χ1v) is 14.5. The lowest BCUT2D eigenvalue weighted by molar-refractivity contribution is -0.144. The summed E-state index contributed by atoms with van der Waals surface area (Å²) in [6.07, 6.45) is -3.94. The van der Waals surface area contributed by atoms with E-state index in [0.717, 1.165) is 5.56 Å². The summed E-state index contributed by atoms with van der Waals surface area (Å²) in [6.45, 7) is 15.0. The zero-order valence-corrected chi connectivity index (χ0v) is 25.9. The van der Waals surface area contributed by atoms with Crippen LogP contribution in [-0.2, 0) is 25.5 Å². The average Bonchev–Trinajstić information content (AvgIpc) is 3.18. The van der Waals surface area contributed by atoms with Crippen molar-refractivity contribution in [2.75, 3.05) is 13.1 Å². The number of benzene rings is 1. The van der Waals surface area contributed by atoms with Gasteiger partial charge in [-0.2, -0.15) is 0 Å². The Bertz CT molecular complexity index is 1150. The van der Waals surface area contributed by atoms with E-state index in [0.29, 0.717) is 6.42 Å². The van der Waals surface area contributed by atoms with Gasteiger partial charge in [0.1, 0.15) is 23.7 Å². The van der Waals surface area contributed by atoms with Crippen molar-refractivity contribution in [3.05, 3.63) is 35.9 Å². The van der Waals surface area contributed by atoms with E-state index in [1.54, 1.807) is 41.5 Å². The first kappa shape index (κ1) is 33.3. The second-order valence-electron chi connectivity index (χ2n) is 14.0. The fraction of sp³-hybridized carbons (Fsp3) is 0.677. The molecule has 11 heteroatoms. The molecule has 1 aromatic carbocycles. The molecule has 9 nitrogen and oxygen atoms in total. The largest absolute Gasteiger partial charge is 0.444 e. The molecule has 2 fully saturated rings. The zero-order valence-electron chi connectivity index (χ0n) is 25.9. The minimum atomic E-state index is -2.83. The number of alkyl halides is 2. The van der Waals surface area contributed by atoms with E-state index < -0.39 is 65.8 Å². The molecule has 0 bridgehead atoms. The molecule has 5 atom stereocenters. The maximum atomic E-state index is 13.9. The van der Waals surface area contributed by atoms with Gasteiger partial charge in [0.25, 0.3) is 0 Å². The fourth-order valence-electron chi connectivity index (χ4n) is 5.82. The number of nitrogens with one attached hydrogen (secondary N) is 3. The average molecular weight is 593 g/mol. The SMILES string of the molecule is CC(C)(C)OC(=O)N[C@H](C(=O)N1C[C@H]2[C@@H]([C@H]1C(=O)NC(CC(F)F)C(=O)NCCc1ccccc1)C2(C)C)C(C)(C)C. The van der Waals surface area contributed by atoms with Crippen LogP contribution in [0, 0.1) is 22.7 Å². The van der Waals surface area contributed by atoms with Crippen molar-refractivity contribution in [1.82, 2.24) is 20.9 Å². The van der Waals surface area contributed by atoms with Gasteiger partial charge in [0, 0.05) is 19.5 Å². The Morgan fingerprint density at radius 3 is 2.19 bits per heavy atom. The van der Waals surface area contributed by atoms with Crippen molar-refractivity contribution in [2.45, 2.75) is 98.4 Å². The molecule has 3 N–H and O–H groups in total. The monoisotopic (exact) mass is 592 g/mol. The molecule has 2 aliphatic rings. The summed E-state index contributed by atoms with van der Waals surface area (Å²) in [5.41, 5.74) is -0.778. The molecule has 42 heavy (non-hydrogen) atoms. The lowest BCUT2D eigenvalue weighted by atomic mass is 9.85. The van der Waals surface area contributed by atoms with Gasteiger partial charge in [-0.05, 0) is 55.4 Å². The molecule has 0 aromatic heterocycles. The molecule has 1 aliphatic carbocycles. The number of carbonyl (C=O) groups excluding carboxylic acids is 4. The van der Waals surface area contributed by atoms with E-state index in [9.17, 15) is 28.0 Å². The number of rotatable bonds is 10. The van der Waals surface area contributed by atoms with Crippen LogP contribution in [0.25, 0.3) is 0 Å². The number of halogens is 2. The van der Waals surface area contributed by atoms with E-state index in [1.165, 1.54) is 4.90 Å². The molecule has 4 amide bonds. The van der Waals surface area contributed by atoms with Gasteiger partial charge < -0.3 is 25.6 Å². The Labute approximate surface area is 247 Å². The van der Waals surface area contributed by atoms with Gasteiger partial charge in [0.2, 0.25) is 24.1 Å². The van der Waals surface area contributed by atoms with Crippen LogP contribution in [0.3, 0.4) is 0 Å². The lowest BCUT2D eigenvalue weighted by Gasteiger charge is -2.38. The van der Waals surface area contributed by atoms with Crippen LogP contribution in [0.15, 0.2) is 30.3 Å². The Hall–Kier alpha value is -3.24. The molecule has 1 unspecified atom stereocenters. The highest BCUT2D eigenvalue weighted by atomic mass is 19.3. The van der Waals surface area contributed by atoms with Crippen LogP contribution in [-0.4, -0.2) is 72.0 Å². The fourth-order valence-corrected chi connectivity index (χ4v) is 5.82. The third-order valence-corrected chi connectivity index (χ3v) is 8.14. The number of amides is 4. The summed E-state index contributed by atoms with van der Waals surface area (Å²) >= 11 is 0. The highest BCUT2D eigenvalue weighted by Crippen LogP contribution is 2.65. The lowest BCUT2D eigenvalue weighted by Crippen LogP contribution is -2.61. The van der Waals surface area contributed by atoms with Crippen LogP contribution < -0.4 is 16.0 Å². The number of piperidine rings is 1. The van der Waals surface area contributed by atoms with Crippen LogP contribution >= 0.6 is 0 Å². The molecule has 234 valence electrons. The number of nitrogens with zero attached hydrogens (tertiary/aromatic N) is 1. The van der Waals surface area contributed by atoms with Crippen LogP contribution in [0.4, 0.5) is 13.6 Å². The minimum Gasteiger partial charge on any atom is -0.444 e. The van der Waals surface area contributed by atoms with Gasteiger partial charge in [0.05, 0.1) is 0 Å². The molecule has 1 saturated carbocycles. The predicted molar refractivity (Wildman–Crippen MR) is 155 cm³/mol. The Kier molecular flexibility index (Phi) is 9.94. The molecule has 1 aliphatic heterocycles. The van der Waals surface area contributed by atoms with E-state index in [1.807, 2.05) is 44.2 Å². The van der Waals surface area contributed by atoms with Crippen molar-refractivity contribution in [3.8, 4) is 0 Å². The summed E-state index contributed by atoms with van der Waals surface area (Å²) in [4.78, 5) is 54.6. The second-order valence-corrected chi connectivity index (χ2v) is 14.0. The molecule has 1 heterocycles. The van der Waals surface area contributed by atoms with Gasteiger partial charge in [-0.3, -0.25) is 14.4 Å². The minimum absolute atomic E-state index is 0.0209. The Balaban J connectivity index is 1.77. The highest BCUT2D eigenvalue weighted by molar-refractivity contribution is 5.95. The van der Waals surface area contributed by atoms with Gasteiger partial charge in [-0.15, -0.1) is 0 Å². The molecule has 1 saturated heterocycles. The molecule has 3 rings (SSSR count). The maximum absolute atomic E-state index is 13.9. The van der Waals surface area contributed by atoms with Crippen molar-refractivity contribution < 1.29 is 32.7 Å². The van der Waals surface area contributed by atoms with E-state index in [4.69, 9.17) is 4.74 Å². The smallest absolute Gasteiger partial charge is 0.408 e. The summed E-state index contributed by atoms with van der Waals surface area (Å²) in [7, 11) is 0. The van der Waals surface area contributed by atoms with Crippen molar-refractivity contribution in [2.24, 2.45) is 22.7 Å². The number of hydrogen-bond acceptors (Lipinski definition) is 5. The van der Waals surface area contributed by atoms with Crippen molar-refractivity contribution >= 4 is 23.8 Å². The van der Waals surface area contributed by atoms with Crippen LogP contribution in [0.5, 0.6) is 0 Å². The maximum Gasteiger partial charge on any atom is 0.408 e. The predicted octanol–water partition coefficient (Wildman–Crippen LogP) is 3.91. The van der Waals surface area contributed by atoms with E-state index in [2.05, 4.69) is 16.0 Å². The van der Waals surface area contributed by atoms with Crippen molar-refractivity contribution in [1.29, 1.82) is 0 Å². The molecule has 0 radical (unpaired) electrons. The quantitative estimate of drug-likeness (QED) is 0.381. The summed E-state index contributed by atoms with van der Waals surface area (Å²) in [5, 5.41) is 7.86. The number of fused-ring (bicyclic) bond motifs is 1. The normalized spacial score (nSPS) is 22.5. The molecule has 0 spiro atoms. The third kappa shape index (κ3) is 8.19.